The average molecular weight is 620 g/mol. The lowest BCUT2D eigenvalue weighted by Gasteiger charge is -2.28. The van der Waals surface area contributed by atoms with Gasteiger partial charge in [-0.3, -0.25) is 4.79 Å². The van der Waals surface area contributed by atoms with Gasteiger partial charge in [-0.1, -0.05) is 57.2 Å². The van der Waals surface area contributed by atoms with Gasteiger partial charge in [0, 0.05) is 19.5 Å². The zero-order valence-corrected chi connectivity index (χ0v) is 25.2. The number of nitrogens with one attached hydrogen (secondary N) is 3. The molecule has 1 aliphatic rings. The summed E-state index contributed by atoms with van der Waals surface area (Å²) in [6.07, 6.45) is -2.63. The first-order valence-electron chi connectivity index (χ1n) is 14.2. The van der Waals surface area contributed by atoms with Crippen LogP contribution in [0.5, 0.6) is 0 Å². The number of rotatable bonds is 10. The van der Waals surface area contributed by atoms with Crippen molar-refractivity contribution >= 4 is 15.9 Å². The summed E-state index contributed by atoms with van der Waals surface area (Å²) in [6, 6.07) is 13.1. The van der Waals surface area contributed by atoms with E-state index in [4.69, 9.17) is 0 Å². The normalized spacial score (nSPS) is 16.4. The largest absolute Gasteiger partial charge is 0.416 e. The summed E-state index contributed by atoms with van der Waals surface area (Å²) < 4.78 is 82.0. The second kappa shape index (κ2) is 13.2. The molecule has 3 N–H and O–H groups in total. The number of hydrogen-bond donors (Lipinski definition) is 3. The maximum atomic E-state index is 13.6. The summed E-state index contributed by atoms with van der Waals surface area (Å²) in [4.78, 5) is 12.7. The number of carbonyl (C=O) groups is 1. The number of alkyl halides is 3. The van der Waals surface area contributed by atoms with Gasteiger partial charge in [0.05, 0.1) is 22.5 Å². The molecule has 0 spiro atoms. The molecule has 0 saturated carbocycles. The monoisotopic (exact) mass is 619 g/mol. The summed E-state index contributed by atoms with van der Waals surface area (Å²) >= 11 is 0. The number of fused-ring (bicyclic) bond motifs is 1. The van der Waals surface area contributed by atoms with Crippen molar-refractivity contribution in [2.75, 3.05) is 6.54 Å². The van der Waals surface area contributed by atoms with Crippen molar-refractivity contribution in [3.63, 3.8) is 0 Å². The minimum Gasteiger partial charge on any atom is -0.349 e. The van der Waals surface area contributed by atoms with Crippen molar-refractivity contribution in [1.29, 1.82) is 0 Å². The Morgan fingerprint density at radius 1 is 1.00 bits per heavy atom. The van der Waals surface area contributed by atoms with Crippen LogP contribution in [0.2, 0.25) is 0 Å². The Balaban J connectivity index is 1.50. The van der Waals surface area contributed by atoms with Gasteiger partial charge in [-0.15, -0.1) is 0 Å². The van der Waals surface area contributed by atoms with E-state index in [2.05, 4.69) is 42.2 Å². The smallest absolute Gasteiger partial charge is 0.349 e. The first-order valence-corrected chi connectivity index (χ1v) is 15.7. The van der Waals surface area contributed by atoms with Crippen LogP contribution in [0.25, 0.3) is 0 Å². The molecule has 43 heavy (non-hydrogen) atoms. The lowest BCUT2D eigenvalue weighted by atomic mass is 9.86. The highest BCUT2D eigenvalue weighted by Gasteiger charge is 2.33. The number of amides is 1. The quantitative estimate of drug-likeness (QED) is 0.224. The van der Waals surface area contributed by atoms with Gasteiger partial charge in [0.2, 0.25) is 15.9 Å². The SMILES string of the molecule is CC(C)(C)CNCc1ccc2c(c1)CCC[C@H]2NC(=O)C[C@@H](NS(=O)(=O)c1cccc(C(F)(F)F)c1)c1ccc(F)cc1. The zero-order chi connectivity index (χ0) is 31.4. The van der Waals surface area contributed by atoms with Crippen LogP contribution in [-0.4, -0.2) is 20.9 Å². The summed E-state index contributed by atoms with van der Waals surface area (Å²) in [5, 5.41) is 6.48. The molecule has 232 valence electrons. The number of halogens is 4. The van der Waals surface area contributed by atoms with Crippen LogP contribution >= 0.6 is 0 Å². The Bertz CT molecular complexity index is 1530. The highest BCUT2D eigenvalue weighted by Crippen LogP contribution is 2.33. The van der Waals surface area contributed by atoms with Crippen LogP contribution in [0.3, 0.4) is 0 Å². The van der Waals surface area contributed by atoms with Gasteiger partial charge in [0.1, 0.15) is 5.82 Å². The van der Waals surface area contributed by atoms with Crippen molar-refractivity contribution in [2.24, 2.45) is 5.41 Å². The average Bonchev–Trinajstić information content (AvgIpc) is 2.92. The molecule has 0 radical (unpaired) electrons. The molecule has 4 rings (SSSR count). The molecule has 1 aliphatic carbocycles. The summed E-state index contributed by atoms with van der Waals surface area (Å²) in [5.41, 5.74) is 2.64. The third-order valence-electron chi connectivity index (χ3n) is 7.27. The molecule has 0 bridgehead atoms. The molecule has 0 heterocycles. The predicted octanol–water partition coefficient (Wildman–Crippen LogP) is 6.58. The van der Waals surface area contributed by atoms with E-state index in [0.717, 1.165) is 73.0 Å². The number of sulfonamides is 1. The molecular weight excluding hydrogens is 582 g/mol. The number of benzene rings is 3. The van der Waals surface area contributed by atoms with E-state index in [1.807, 2.05) is 12.1 Å². The van der Waals surface area contributed by atoms with Gasteiger partial charge in [-0.25, -0.2) is 17.5 Å². The minimum absolute atomic E-state index is 0.163. The zero-order valence-electron chi connectivity index (χ0n) is 24.4. The first-order chi connectivity index (χ1) is 20.1. The first kappa shape index (κ1) is 32.6. The third-order valence-corrected chi connectivity index (χ3v) is 8.74. The van der Waals surface area contributed by atoms with E-state index < -0.39 is 44.4 Å². The van der Waals surface area contributed by atoms with Crippen molar-refractivity contribution in [2.45, 2.75) is 76.2 Å². The molecular formula is C32H37F4N3O3S. The van der Waals surface area contributed by atoms with Crippen molar-refractivity contribution in [1.82, 2.24) is 15.4 Å². The lowest BCUT2D eigenvalue weighted by Crippen LogP contribution is -2.36. The molecule has 3 aromatic carbocycles. The fraction of sp³-hybridized carbons (Fsp3) is 0.406. The van der Waals surface area contributed by atoms with Gasteiger partial charge in [-0.2, -0.15) is 13.2 Å². The van der Waals surface area contributed by atoms with Crippen LogP contribution in [0.15, 0.2) is 71.6 Å². The van der Waals surface area contributed by atoms with Crippen molar-refractivity contribution in [3.05, 3.63) is 100 Å². The standard InChI is InChI=1S/C32H37F4N3O3S/c1-31(2,3)20-37-19-21-10-15-27-23(16-21)6-4-9-28(27)38-30(40)18-29(22-11-13-25(33)14-12-22)39-43(41,42)26-8-5-7-24(17-26)32(34,35)36/h5,7-8,10-17,28-29,37,39H,4,6,9,18-20H2,1-3H3,(H,38,40)/t28-,29-/m1/s1. The molecule has 0 fully saturated rings. The van der Waals surface area contributed by atoms with E-state index >= 15 is 0 Å². The molecule has 0 aromatic heterocycles. The maximum absolute atomic E-state index is 13.6. The van der Waals surface area contributed by atoms with E-state index in [-0.39, 0.29) is 17.9 Å². The topological polar surface area (TPSA) is 87.3 Å². The van der Waals surface area contributed by atoms with Crippen LogP contribution in [-0.2, 0) is 34.0 Å². The molecule has 3 aromatic rings. The number of hydrogen-bond acceptors (Lipinski definition) is 4. The summed E-state index contributed by atoms with van der Waals surface area (Å²) in [5.74, 6) is -1.01. The van der Waals surface area contributed by atoms with E-state index in [1.54, 1.807) is 0 Å². The Hall–Kier alpha value is -3.28. The van der Waals surface area contributed by atoms with Crippen LogP contribution in [0.4, 0.5) is 17.6 Å². The van der Waals surface area contributed by atoms with Crippen LogP contribution in [0, 0.1) is 11.2 Å². The second-order valence-corrected chi connectivity index (χ2v) is 13.9. The predicted molar refractivity (Wildman–Crippen MR) is 157 cm³/mol. The molecule has 0 unspecified atom stereocenters. The van der Waals surface area contributed by atoms with E-state index in [9.17, 15) is 30.8 Å². The van der Waals surface area contributed by atoms with Gasteiger partial charge in [-0.05, 0) is 77.3 Å². The van der Waals surface area contributed by atoms with Crippen molar-refractivity contribution in [3.8, 4) is 0 Å². The highest BCUT2D eigenvalue weighted by atomic mass is 32.2. The Morgan fingerprint density at radius 2 is 1.72 bits per heavy atom. The van der Waals surface area contributed by atoms with Crippen LogP contribution < -0.4 is 15.4 Å². The number of carbonyl (C=O) groups excluding carboxylic acids is 1. The molecule has 1 amide bonds. The van der Waals surface area contributed by atoms with Gasteiger partial charge < -0.3 is 10.6 Å². The number of aryl methyl sites for hydroxylation is 1. The molecule has 0 saturated heterocycles. The molecule has 11 heteroatoms. The Labute approximate surface area is 250 Å². The third kappa shape index (κ3) is 9.11. The lowest BCUT2D eigenvalue weighted by molar-refractivity contribution is -0.137. The van der Waals surface area contributed by atoms with Crippen LogP contribution in [0.1, 0.15) is 79.9 Å². The van der Waals surface area contributed by atoms with E-state index in [0.29, 0.717) is 18.1 Å². The fourth-order valence-electron chi connectivity index (χ4n) is 5.17. The fourth-order valence-corrected chi connectivity index (χ4v) is 6.44. The van der Waals surface area contributed by atoms with Gasteiger partial charge in [0.15, 0.2) is 0 Å². The highest BCUT2D eigenvalue weighted by molar-refractivity contribution is 7.89. The van der Waals surface area contributed by atoms with E-state index in [1.165, 1.54) is 12.1 Å². The van der Waals surface area contributed by atoms with Crippen molar-refractivity contribution < 1.29 is 30.8 Å². The molecule has 6 nitrogen and oxygen atoms in total. The van der Waals surface area contributed by atoms with Gasteiger partial charge in [0.25, 0.3) is 0 Å². The summed E-state index contributed by atoms with van der Waals surface area (Å²) in [7, 11) is -4.48. The molecule has 2 atom stereocenters. The Kier molecular flexibility index (Phi) is 9.98. The second-order valence-electron chi connectivity index (χ2n) is 12.2. The maximum Gasteiger partial charge on any atom is 0.416 e. The molecule has 0 aliphatic heterocycles. The summed E-state index contributed by atoms with van der Waals surface area (Å²) in [6.45, 7) is 8.09. The Morgan fingerprint density at radius 3 is 2.40 bits per heavy atom. The minimum atomic E-state index is -4.73. The van der Waals surface area contributed by atoms with Gasteiger partial charge >= 0.3 is 6.18 Å².